The monoisotopic (exact) mass is 402 g/mol. The molecule has 0 unspecified atom stereocenters. The van der Waals surface area contributed by atoms with Crippen molar-refractivity contribution in [1.82, 2.24) is 4.98 Å². The molecule has 0 saturated heterocycles. The molecule has 0 spiro atoms. The summed E-state index contributed by atoms with van der Waals surface area (Å²) >= 11 is 5.90. The Morgan fingerprint density at radius 1 is 1.12 bits per heavy atom. The molecule has 136 valence electrons. The lowest BCUT2D eigenvalue weighted by molar-refractivity contribution is -0.137. The number of sulfonamides is 1. The van der Waals surface area contributed by atoms with Crippen molar-refractivity contribution >= 4 is 27.3 Å². The van der Waals surface area contributed by atoms with Crippen LogP contribution in [0.25, 0.3) is 11.5 Å². The van der Waals surface area contributed by atoms with Crippen molar-refractivity contribution in [3.8, 4) is 11.5 Å². The number of nitrogens with zero attached hydrogens (tertiary/aromatic N) is 1. The van der Waals surface area contributed by atoms with E-state index in [-0.39, 0.29) is 22.2 Å². The fourth-order valence-electron chi connectivity index (χ4n) is 2.19. The molecule has 1 aromatic heterocycles. The number of hydrogen-bond donors (Lipinski definition) is 1. The fraction of sp³-hybridized carbons (Fsp3) is 0.0625. The Hall–Kier alpha value is -2.52. The van der Waals surface area contributed by atoms with Crippen molar-refractivity contribution in [2.24, 2.45) is 0 Å². The molecule has 26 heavy (non-hydrogen) atoms. The van der Waals surface area contributed by atoms with Crippen LogP contribution in [-0.4, -0.2) is 13.4 Å². The first-order valence-corrected chi connectivity index (χ1v) is 8.92. The van der Waals surface area contributed by atoms with Crippen molar-refractivity contribution < 1.29 is 26.0 Å². The van der Waals surface area contributed by atoms with E-state index in [9.17, 15) is 21.6 Å². The van der Waals surface area contributed by atoms with Gasteiger partial charge in [-0.2, -0.15) is 13.2 Å². The van der Waals surface area contributed by atoms with Crippen LogP contribution < -0.4 is 4.72 Å². The van der Waals surface area contributed by atoms with Crippen molar-refractivity contribution in [3.05, 3.63) is 65.5 Å². The molecular weight excluding hydrogens is 393 g/mol. The van der Waals surface area contributed by atoms with Crippen LogP contribution in [0.4, 0.5) is 18.9 Å². The van der Waals surface area contributed by atoms with E-state index in [0.717, 1.165) is 18.2 Å². The van der Waals surface area contributed by atoms with Gasteiger partial charge in [0, 0.05) is 5.02 Å². The second kappa shape index (κ2) is 6.65. The largest absolute Gasteiger partial charge is 0.444 e. The number of anilines is 1. The zero-order valence-electron chi connectivity index (χ0n) is 12.8. The van der Waals surface area contributed by atoms with Gasteiger partial charge in [0.2, 0.25) is 5.89 Å². The van der Waals surface area contributed by atoms with Crippen LogP contribution in [-0.2, 0) is 16.2 Å². The lowest BCUT2D eigenvalue weighted by Gasteiger charge is -2.13. The van der Waals surface area contributed by atoms with Gasteiger partial charge in [0.25, 0.3) is 10.0 Å². The minimum atomic E-state index is -4.66. The zero-order valence-corrected chi connectivity index (χ0v) is 14.4. The van der Waals surface area contributed by atoms with E-state index in [0.29, 0.717) is 6.07 Å². The van der Waals surface area contributed by atoms with Crippen LogP contribution in [0.5, 0.6) is 0 Å². The van der Waals surface area contributed by atoms with Crippen LogP contribution in [0.2, 0.25) is 5.02 Å². The highest BCUT2D eigenvalue weighted by atomic mass is 35.5. The molecule has 2 aromatic carbocycles. The third kappa shape index (κ3) is 3.83. The first kappa shape index (κ1) is 18.3. The van der Waals surface area contributed by atoms with Crippen LogP contribution in [0.15, 0.2) is 64.2 Å². The number of nitrogens with one attached hydrogen (secondary N) is 1. The van der Waals surface area contributed by atoms with Gasteiger partial charge in [-0.25, -0.2) is 13.4 Å². The first-order valence-electron chi connectivity index (χ1n) is 7.06. The molecule has 0 aliphatic heterocycles. The lowest BCUT2D eigenvalue weighted by atomic mass is 10.2. The molecule has 0 fully saturated rings. The van der Waals surface area contributed by atoms with Crippen LogP contribution in [0.3, 0.4) is 0 Å². The highest BCUT2D eigenvalue weighted by Crippen LogP contribution is 2.33. The van der Waals surface area contributed by atoms with E-state index in [1.165, 1.54) is 30.7 Å². The van der Waals surface area contributed by atoms with Crippen LogP contribution in [0, 0.1) is 0 Å². The first-order chi connectivity index (χ1) is 12.2. The molecule has 0 aliphatic rings. The van der Waals surface area contributed by atoms with Gasteiger partial charge in [-0.05, 0) is 36.4 Å². The van der Waals surface area contributed by atoms with Gasteiger partial charge in [-0.1, -0.05) is 17.7 Å². The van der Waals surface area contributed by atoms with E-state index in [2.05, 4.69) is 9.71 Å². The number of alkyl halides is 3. The standard InChI is InChI=1S/C16H10ClF3N2O3S/c17-11-4-5-13(15-21-6-7-25-15)14(9-11)22-26(23,24)12-3-1-2-10(8-12)16(18,19)20/h1-9,22H. The van der Waals surface area contributed by atoms with Gasteiger partial charge in [-0.3, -0.25) is 4.72 Å². The number of oxazole rings is 1. The molecule has 0 radical (unpaired) electrons. The van der Waals surface area contributed by atoms with E-state index < -0.39 is 26.7 Å². The summed E-state index contributed by atoms with van der Waals surface area (Å²) in [7, 11) is -4.30. The van der Waals surface area contributed by atoms with Crippen molar-refractivity contribution in [2.75, 3.05) is 4.72 Å². The fourth-order valence-corrected chi connectivity index (χ4v) is 3.48. The molecule has 1 N–H and O–H groups in total. The Bertz CT molecular complexity index is 1040. The van der Waals surface area contributed by atoms with Gasteiger partial charge in [0.1, 0.15) is 6.26 Å². The minimum absolute atomic E-state index is 0.0253. The summed E-state index contributed by atoms with van der Waals surface area (Å²) in [6.07, 6.45) is -1.99. The second-order valence-corrected chi connectivity index (χ2v) is 7.28. The quantitative estimate of drug-likeness (QED) is 0.679. The Morgan fingerprint density at radius 2 is 1.88 bits per heavy atom. The molecular formula is C16H10ClF3N2O3S. The molecule has 1 heterocycles. The summed E-state index contributed by atoms with van der Waals surface area (Å²) in [5.41, 5.74) is -0.758. The van der Waals surface area contributed by atoms with Gasteiger partial charge in [0.05, 0.1) is 27.9 Å². The van der Waals surface area contributed by atoms with Crippen molar-refractivity contribution in [3.63, 3.8) is 0 Å². The van der Waals surface area contributed by atoms with E-state index in [4.69, 9.17) is 16.0 Å². The van der Waals surface area contributed by atoms with Gasteiger partial charge in [0.15, 0.2) is 0 Å². The molecule has 0 atom stereocenters. The average molecular weight is 403 g/mol. The van der Waals surface area contributed by atoms with E-state index >= 15 is 0 Å². The molecule has 0 aliphatic carbocycles. The van der Waals surface area contributed by atoms with Crippen LogP contribution in [0.1, 0.15) is 5.56 Å². The lowest BCUT2D eigenvalue weighted by Crippen LogP contribution is -2.15. The molecule has 10 heteroatoms. The predicted octanol–water partition coefficient (Wildman–Crippen LogP) is 4.81. The predicted molar refractivity (Wildman–Crippen MR) is 89.2 cm³/mol. The second-order valence-electron chi connectivity index (χ2n) is 5.16. The van der Waals surface area contributed by atoms with Crippen molar-refractivity contribution in [2.45, 2.75) is 11.1 Å². The maximum Gasteiger partial charge on any atom is 0.416 e. The SMILES string of the molecule is O=S(=O)(Nc1cc(Cl)ccc1-c1ncco1)c1cccc(C(F)(F)F)c1. The Balaban J connectivity index is 2.03. The third-order valence-corrected chi connectivity index (χ3v) is 4.96. The normalized spacial score (nSPS) is 12.2. The third-order valence-electron chi connectivity index (χ3n) is 3.36. The minimum Gasteiger partial charge on any atom is -0.444 e. The molecule has 3 rings (SSSR count). The smallest absolute Gasteiger partial charge is 0.416 e. The topological polar surface area (TPSA) is 72.2 Å². The van der Waals surface area contributed by atoms with Gasteiger partial charge < -0.3 is 4.42 Å². The number of hydrogen-bond acceptors (Lipinski definition) is 4. The molecule has 3 aromatic rings. The summed E-state index contributed by atoms with van der Waals surface area (Å²) < 4.78 is 71.0. The Labute approximate surface area is 151 Å². The average Bonchev–Trinajstić information content (AvgIpc) is 3.08. The highest BCUT2D eigenvalue weighted by Gasteiger charge is 2.31. The van der Waals surface area contributed by atoms with Gasteiger partial charge >= 0.3 is 6.18 Å². The summed E-state index contributed by atoms with van der Waals surface area (Å²) in [6.45, 7) is 0. The highest BCUT2D eigenvalue weighted by molar-refractivity contribution is 7.92. The van der Waals surface area contributed by atoms with E-state index in [1.54, 1.807) is 0 Å². The number of aromatic nitrogens is 1. The maximum atomic E-state index is 12.8. The number of halogens is 4. The van der Waals surface area contributed by atoms with Gasteiger partial charge in [-0.15, -0.1) is 0 Å². The number of benzene rings is 2. The molecule has 0 saturated carbocycles. The molecule has 0 amide bonds. The Morgan fingerprint density at radius 3 is 2.54 bits per heavy atom. The summed E-state index contributed by atoms with van der Waals surface area (Å²) in [6, 6.07) is 7.72. The van der Waals surface area contributed by atoms with E-state index in [1.807, 2.05) is 0 Å². The summed E-state index contributed by atoms with van der Waals surface area (Å²) in [4.78, 5) is 3.40. The maximum absolute atomic E-state index is 12.8. The van der Waals surface area contributed by atoms with Crippen molar-refractivity contribution in [1.29, 1.82) is 0 Å². The number of rotatable bonds is 4. The zero-order chi connectivity index (χ0) is 18.9. The molecule has 0 bridgehead atoms. The van der Waals surface area contributed by atoms with Crippen LogP contribution >= 0.6 is 11.6 Å². The summed E-state index contributed by atoms with van der Waals surface area (Å²) in [5.74, 6) is 0.128. The molecule has 5 nitrogen and oxygen atoms in total. The summed E-state index contributed by atoms with van der Waals surface area (Å²) in [5, 5.41) is 0.224. The Kier molecular flexibility index (Phi) is 4.68.